The molecule has 1 aliphatic carbocycles. The van der Waals surface area contributed by atoms with Gasteiger partial charge in [-0.05, 0) is 30.5 Å². The molecule has 1 aliphatic rings. The fourth-order valence-corrected chi connectivity index (χ4v) is 2.53. The summed E-state index contributed by atoms with van der Waals surface area (Å²) in [5.74, 6) is -4.06. The highest BCUT2D eigenvalue weighted by atomic mass is 19.3. The number of aryl methyl sites for hydroxylation is 1. The van der Waals surface area contributed by atoms with Crippen molar-refractivity contribution in [2.45, 2.75) is 39.0 Å². The number of carbonyl (C=O) groups excluding carboxylic acids is 1. The molecule has 3 rings (SSSR count). The molecule has 0 radical (unpaired) electrons. The Kier molecular flexibility index (Phi) is 3.70. The average molecular weight is 320 g/mol. The summed E-state index contributed by atoms with van der Waals surface area (Å²) in [5.41, 5.74) is 2.99. The van der Waals surface area contributed by atoms with Crippen molar-refractivity contribution >= 4 is 11.6 Å². The summed E-state index contributed by atoms with van der Waals surface area (Å²) >= 11 is 0. The molecule has 6 heteroatoms. The molecule has 1 aromatic heterocycles. The summed E-state index contributed by atoms with van der Waals surface area (Å²) in [4.78, 5) is 16.1. The maximum absolute atomic E-state index is 13.0. The van der Waals surface area contributed by atoms with Crippen molar-refractivity contribution in [3.05, 3.63) is 35.7 Å². The smallest absolute Gasteiger partial charge is 0.260 e. The number of carbonyl (C=O) groups is 1. The predicted octanol–water partition coefficient (Wildman–Crippen LogP) is 4.37. The Hall–Kier alpha value is -2.24. The van der Waals surface area contributed by atoms with Crippen molar-refractivity contribution < 1.29 is 18.0 Å². The SMILES string of the molecule is Cc1coc(-c2cc(NC(=O)[C@@H]3CC3(F)F)ccc2C(C)C)n1. The number of halogens is 2. The van der Waals surface area contributed by atoms with E-state index in [1.807, 2.05) is 26.8 Å². The standard InChI is InChI=1S/C17H18F2N2O2/c1-9(2)12-5-4-11(21-15(22)14-7-17(14,18)19)6-13(12)16-20-10(3)8-23-16/h4-6,8-9,14H,7H2,1-3H3,(H,21,22)/t14-/m0/s1. The fraction of sp³-hybridized carbons (Fsp3) is 0.412. The minimum Gasteiger partial charge on any atom is -0.444 e. The van der Waals surface area contributed by atoms with E-state index in [9.17, 15) is 13.6 Å². The van der Waals surface area contributed by atoms with Crippen LogP contribution in [0.2, 0.25) is 0 Å². The van der Waals surface area contributed by atoms with E-state index in [1.165, 1.54) is 0 Å². The maximum atomic E-state index is 13.0. The lowest BCUT2D eigenvalue weighted by atomic mass is 9.96. The minimum absolute atomic E-state index is 0.231. The summed E-state index contributed by atoms with van der Waals surface area (Å²) in [7, 11) is 0. The summed E-state index contributed by atoms with van der Waals surface area (Å²) in [6.07, 6.45) is 1.17. The molecule has 1 heterocycles. The van der Waals surface area contributed by atoms with Crippen LogP contribution in [0.1, 0.15) is 37.4 Å². The molecule has 1 N–H and O–H groups in total. The van der Waals surface area contributed by atoms with Crippen molar-refractivity contribution in [2.75, 3.05) is 5.32 Å². The first-order valence-electron chi connectivity index (χ1n) is 7.53. The van der Waals surface area contributed by atoms with Gasteiger partial charge in [-0.15, -0.1) is 0 Å². The third-order valence-corrected chi connectivity index (χ3v) is 3.93. The number of nitrogens with one attached hydrogen (secondary N) is 1. The zero-order valence-corrected chi connectivity index (χ0v) is 13.2. The zero-order chi connectivity index (χ0) is 16.8. The van der Waals surface area contributed by atoms with Crippen molar-refractivity contribution in [1.82, 2.24) is 4.98 Å². The second kappa shape index (κ2) is 5.44. The molecular formula is C17H18F2N2O2. The van der Waals surface area contributed by atoms with Gasteiger partial charge >= 0.3 is 0 Å². The molecule has 1 amide bonds. The highest BCUT2D eigenvalue weighted by Gasteiger charge is 2.61. The Labute approximate surface area is 132 Å². The van der Waals surface area contributed by atoms with Gasteiger partial charge in [0.25, 0.3) is 5.92 Å². The minimum atomic E-state index is -2.87. The largest absolute Gasteiger partial charge is 0.444 e. The second-order valence-electron chi connectivity index (χ2n) is 6.26. The van der Waals surface area contributed by atoms with Gasteiger partial charge in [-0.3, -0.25) is 4.79 Å². The van der Waals surface area contributed by atoms with Crippen molar-refractivity contribution in [3.8, 4) is 11.5 Å². The van der Waals surface area contributed by atoms with Crippen LogP contribution in [0.3, 0.4) is 0 Å². The molecular weight excluding hydrogens is 302 g/mol. The lowest BCUT2D eigenvalue weighted by Gasteiger charge is -2.13. The van der Waals surface area contributed by atoms with Gasteiger partial charge in [0.15, 0.2) is 0 Å². The Bertz CT molecular complexity index is 753. The highest BCUT2D eigenvalue weighted by molar-refractivity contribution is 5.95. The van der Waals surface area contributed by atoms with E-state index in [4.69, 9.17) is 4.42 Å². The number of hydrogen-bond donors (Lipinski definition) is 1. The van der Waals surface area contributed by atoms with Gasteiger partial charge in [-0.25, -0.2) is 13.8 Å². The van der Waals surface area contributed by atoms with Crippen molar-refractivity contribution in [3.63, 3.8) is 0 Å². The number of anilines is 1. The molecule has 0 saturated heterocycles. The molecule has 0 spiro atoms. The van der Waals surface area contributed by atoms with Gasteiger partial charge < -0.3 is 9.73 Å². The van der Waals surface area contributed by atoms with Crippen molar-refractivity contribution in [2.24, 2.45) is 5.92 Å². The molecule has 23 heavy (non-hydrogen) atoms. The summed E-state index contributed by atoms with van der Waals surface area (Å²) in [6.45, 7) is 5.90. The van der Waals surface area contributed by atoms with E-state index in [-0.39, 0.29) is 12.3 Å². The molecule has 2 aromatic rings. The molecule has 4 nitrogen and oxygen atoms in total. The topological polar surface area (TPSA) is 55.1 Å². The van der Waals surface area contributed by atoms with Gasteiger partial charge in [0.1, 0.15) is 12.2 Å². The summed E-state index contributed by atoms with van der Waals surface area (Å²) in [6, 6.07) is 5.30. The van der Waals surface area contributed by atoms with Crippen LogP contribution in [0, 0.1) is 12.8 Å². The monoisotopic (exact) mass is 320 g/mol. The average Bonchev–Trinajstić information content (AvgIpc) is 2.90. The van der Waals surface area contributed by atoms with E-state index in [0.29, 0.717) is 11.6 Å². The molecule has 0 unspecified atom stereocenters. The first kappa shape index (κ1) is 15.6. The first-order chi connectivity index (χ1) is 10.8. The van der Waals surface area contributed by atoms with Crippen LogP contribution in [-0.2, 0) is 4.79 Å². The Balaban J connectivity index is 1.90. The summed E-state index contributed by atoms with van der Waals surface area (Å²) < 4.78 is 31.4. The van der Waals surface area contributed by atoms with Gasteiger partial charge in [-0.2, -0.15) is 0 Å². The van der Waals surface area contributed by atoms with Crippen LogP contribution in [-0.4, -0.2) is 16.8 Å². The van der Waals surface area contributed by atoms with Gasteiger partial charge in [0, 0.05) is 17.7 Å². The molecule has 1 atom stereocenters. The van der Waals surface area contributed by atoms with Gasteiger partial charge in [0.2, 0.25) is 11.8 Å². The number of oxazole rings is 1. The van der Waals surface area contributed by atoms with Crippen LogP contribution in [0.25, 0.3) is 11.5 Å². The number of aromatic nitrogens is 1. The summed E-state index contributed by atoms with van der Waals surface area (Å²) in [5, 5.41) is 2.55. The molecule has 1 fully saturated rings. The number of benzene rings is 1. The van der Waals surface area contributed by atoms with E-state index in [2.05, 4.69) is 10.3 Å². The number of alkyl halides is 2. The fourth-order valence-electron chi connectivity index (χ4n) is 2.53. The number of amides is 1. The Morgan fingerprint density at radius 3 is 2.65 bits per heavy atom. The third-order valence-electron chi connectivity index (χ3n) is 3.93. The lowest BCUT2D eigenvalue weighted by Crippen LogP contribution is -2.17. The third kappa shape index (κ3) is 3.11. The molecule has 0 aliphatic heterocycles. The Morgan fingerprint density at radius 1 is 1.43 bits per heavy atom. The van der Waals surface area contributed by atoms with Crippen LogP contribution < -0.4 is 5.32 Å². The molecule has 1 aromatic carbocycles. The van der Waals surface area contributed by atoms with Crippen LogP contribution in [0.4, 0.5) is 14.5 Å². The van der Waals surface area contributed by atoms with E-state index in [1.54, 1.807) is 18.4 Å². The van der Waals surface area contributed by atoms with E-state index >= 15 is 0 Å². The van der Waals surface area contributed by atoms with Crippen LogP contribution in [0.15, 0.2) is 28.9 Å². The maximum Gasteiger partial charge on any atom is 0.260 e. The highest BCUT2D eigenvalue weighted by Crippen LogP contribution is 2.49. The first-order valence-corrected chi connectivity index (χ1v) is 7.53. The Morgan fingerprint density at radius 2 is 2.13 bits per heavy atom. The van der Waals surface area contributed by atoms with Crippen LogP contribution in [0.5, 0.6) is 0 Å². The van der Waals surface area contributed by atoms with E-state index in [0.717, 1.165) is 16.8 Å². The van der Waals surface area contributed by atoms with Crippen molar-refractivity contribution in [1.29, 1.82) is 0 Å². The number of rotatable bonds is 4. The normalized spacial score (nSPS) is 19.0. The predicted molar refractivity (Wildman–Crippen MR) is 82.4 cm³/mol. The second-order valence-corrected chi connectivity index (χ2v) is 6.26. The lowest BCUT2D eigenvalue weighted by molar-refractivity contribution is -0.119. The van der Waals surface area contributed by atoms with Crippen LogP contribution >= 0.6 is 0 Å². The van der Waals surface area contributed by atoms with Gasteiger partial charge in [-0.1, -0.05) is 19.9 Å². The van der Waals surface area contributed by atoms with Gasteiger partial charge in [0.05, 0.1) is 5.69 Å². The zero-order valence-electron chi connectivity index (χ0n) is 13.2. The number of nitrogens with zero attached hydrogens (tertiary/aromatic N) is 1. The number of hydrogen-bond acceptors (Lipinski definition) is 3. The quantitative estimate of drug-likeness (QED) is 0.910. The van der Waals surface area contributed by atoms with E-state index < -0.39 is 17.7 Å². The molecule has 1 saturated carbocycles. The molecule has 122 valence electrons. The molecule has 0 bridgehead atoms.